The molecule has 1 aromatic heterocycles. The number of benzene rings is 1. The van der Waals surface area contributed by atoms with Crippen molar-refractivity contribution in [3.8, 4) is 5.69 Å². The van der Waals surface area contributed by atoms with Crippen molar-refractivity contribution in [3.05, 3.63) is 52.6 Å². The Morgan fingerprint density at radius 3 is 2.70 bits per heavy atom. The first-order chi connectivity index (χ1) is 12.9. The number of hydrogen-bond donors (Lipinski definition) is 1. The summed E-state index contributed by atoms with van der Waals surface area (Å²) >= 11 is 6.33. The highest BCUT2D eigenvalue weighted by Gasteiger charge is 2.13. The summed E-state index contributed by atoms with van der Waals surface area (Å²) in [6, 6.07) is 5.71. The summed E-state index contributed by atoms with van der Waals surface area (Å²) in [5.41, 5.74) is 1.71. The molecule has 2 rings (SSSR count). The van der Waals surface area contributed by atoms with Gasteiger partial charge in [0.1, 0.15) is 11.0 Å². The fourth-order valence-corrected chi connectivity index (χ4v) is 2.58. The maximum atomic E-state index is 13.1. The number of rotatable bonds is 8. The van der Waals surface area contributed by atoms with E-state index in [0.29, 0.717) is 23.5 Å². The predicted molar refractivity (Wildman–Crippen MR) is 101 cm³/mol. The Kier molecular flexibility index (Phi) is 7.55. The van der Waals surface area contributed by atoms with Crippen LogP contribution in [-0.2, 0) is 14.3 Å². The highest BCUT2D eigenvalue weighted by Crippen LogP contribution is 2.24. The number of nitrogens with zero attached hydrogens (tertiary/aromatic N) is 2. The van der Waals surface area contributed by atoms with Gasteiger partial charge in [-0.3, -0.25) is 4.79 Å². The van der Waals surface area contributed by atoms with Gasteiger partial charge in [-0.1, -0.05) is 24.9 Å². The van der Waals surface area contributed by atoms with E-state index in [0.717, 1.165) is 12.8 Å². The van der Waals surface area contributed by atoms with Crippen LogP contribution in [0.5, 0.6) is 0 Å². The zero-order chi connectivity index (χ0) is 19.8. The Morgan fingerprint density at radius 2 is 2.04 bits per heavy atom. The van der Waals surface area contributed by atoms with Crippen molar-refractivity contribution in [1.29, 1.82) is 0 Å². The van der Waals surface area contributed by atoms with Crippen LogP contribution in [0.25, 0.3) is 11.8 Å². The smallest absolute Gasteiger partial charge is 0.331 e. The third-order valence-electron chi connectivity index (χ3n) is 3.70. The molecular weight excluding hydrogens is 373 g/mol. The fraction of sp³-hybridized carbons (Fsp3) is 0.316. The van der Waals surface area contributed by atoms with Crippen molar-refractivity contribution in [3.63, 3.8) is 0 Å². The van der Waals surface area contributed by atoms with Gasteiger partial charge in [-0.2, -0.15) is 5.10 Å². The summed E-state index contributed by atoms with van der Waals surface area (Å²) in [4.78, 5) is 23.3. The van der Waals surface area contributed by atoms with E-state index in [1.54, 1.807) is 19.1 Å². The Hall–Kier alpha value is -2.67. The van der Waals surface area contributed by atoms with Gasteiger partial charge in [0.15, 0.2) is 6.61 Å². The van der Waals surface area contributed by atoms with Crippen molar-refractivity contribution in [2.75, 3.05) is 13.2 Å². The van der Waals surface area contributed by atoms with E-state index in [1.807, 2.05) is 6.92 Å². The molecule has 27 heavy (non-hydrogen) atoms. The first kappa shape index (κ1) is 20.6. The minimum Gasteiger partial charge on any atom is -0.452 e. The first-order valence-electron chi connectivity index (χ1n) is 8.55. The maximum Gasteiger partial charge on any atom is 0.331 e. The van der Waals surface area contributed by atoms with Crippen LogP contribution in [-0.4, -0.2) is 34.8 Å². The van der Waals surface area contributed by atoms with E-state index in [-0.39, 0.29) is 23.5 Å². The van der Waals surface area contributed by atoms with Crippen LogP contribution in [0.4, 0.5) is 4.39 Å². The van der Waals surface area contributed by atoms with E-state index >= 15 is 0 Å². The molecular formula is C19H21ClFN3O3. The van der Waals surface area contributed by atoms with Crippen LogP contribution >= 0.6 is 11.6 Å². The zero-order valence-electron chi connectivity index (χ0n) is 15.2. The molecule has 0 saturated carbocycles. The molecule has 0 atom stereocenters. The van der Waals surface area contributed by atoms with Gasteiger partial charge >= 0.3 is 5.97 Å². The first-order valence-corrected chi connectivity index (χ1v) is 8.92. The molecule has 0 unspecified atom stereocenters. The number of carbonyl (C=O) groups excluding carboxylic acids is 2. The van der Waals surface area contributed by atoms with Gasteiger partial charge in [0.25, 0.3) is 5.91 Å². The number of unbranched alkanes of at least 4 members (excludes halogenated alkanes) is 1. The van der Waals surface area contributed by atoms with Gasteiger partial charge in [0.2, 0.25) is 0 Å². The summed E-state index contributed by atoms with van der Waals surface area (Å²) in [6.07, 6.45) is 4.50. The Balaban J connectivity index is 1.99. The molecule has 1 aromatic carbocycles. The topological polar surface area (TPSA) is 73.2 Å². The normalized spacial score (nSPS) is 11.0. The predicted octanol–water partition coefficient (Wildman–Crippen LogP) is 3.45. The lowest BCUT2D eigenvalue weighted by Gasteiger charge is -2.04. The summed E-state index contributed by atoms with van der Waals surface area (Å²) in [6.45, 7) is 3.97. The summed E-state index contributed by atoms with van der Waals surface area (Å²) < 4.78 is 19.4. The number of halogens is 2. The van der Waals surface area contributed by atoms with E-state index in [4.69, 9.17) is 16.3 Å². The standard InChI is InChI=1S/C19H21ClFN3O3/c1-3-4-11-22-17(25)12-27-18(26)10-9-16-13(2)23-24(19(16)20)15-7-5-14(21)6-8-15/h5-10H,3-4,11-12H2,1-2H3,(H,22,25)/b10-9+. The molecule has 0 fully saturated rings. The minimum atomic E-state index is -0.661. The van der Waals surface area contributed by atoms with E-state index in [2.05, 4.69) is 10.4 Å². The Bertz CT molecular complexity index is 831. The largest absolute Gasteiger partial charge is 0.452 e. The molecule has 6 nitrogen and oxygen atoms in total. The van der Waals surface area contributed by atoms with E-state index in [1.165, 1.54) is 29.0 Å². The zero-order valence-corrected chi connectivity index (χ0v) is 15.9. The molecule has 0 saturated heterocycles. The molecule has 8 heteroatoms. The molecule has 1 amide bonds. The lowest BCUT2D eigenvalue weighted by Crippen LogP contribution is -2.29. The lowest BCUT2D eigenvalue weighted by atomic mass is 10.2. The maximum absolute atomic E-state index is 13.1. The average molecular weight is 394 g/mol. The van der Waals surface area contributed by atoms with E-state index in [9.17, 15) is 14.0 Å². The quantitative estimate of drug-likeness (QED) is 0.423. The number of carbonyl (C=O) groups is 2. The monoisotopic (exact) mass is 393 g/mol. The Morgan fingerprint density at radius 1 is 1.33 bits per heavy atom. The van der Waals surface area contributed by atoms with Crippen LogP contribution in [0.2, 0.25) is 5.15 Å². The number of ether oxygens (including phenoxy) is 1. The molecule has 0 aliphatic heterocycles. The SMILES string of the molecule is CCCCNC(=O)COC(=O)/C=C/c1c(C)nn(-c2ccc(F)cc2)c1Cl. The molecule has 0 bridgehead atoms. The van der Waals surface area contributed by atoms with Gasteiger partial charge in [-0.05, 0) is 43.7 Å². The second-order valence-electron chi connectivity index (χ2n) is 5.82. The van der Waals surface area contributed by atoms with Crippen LogP contribution in [0.3, 0.4) is 0 Å². The highest BCUT2D eigenvalue weighted by atomic mass is 35.5. The number of aryl methyl sites for hydroxylation is 1. The number of aromatic nitrogens is 2. The minimum absolute atomic E-state index is 0.278. The molecule has 0 aliphatic rings. The lowest BCUT2D eigenvalue weighted by molar-refractivity contribution is -0.143. The second kappa shape index (κ2) is 9.87. The van der Waals surface area contributed by atoms with Crippen LogP contribution in [0.1, 0.15) is 31.0 Å². The summed E-state index contributed by atoms with van der Waals surface area (Å²) in [5, 5.41) is 7.23. The van der Waals surface area contributed by atoms with Gasteiger partial charge < -0.3 is 10.1 Å². The molecule has 1 heterocycles. The van der Waals surface area contributed by atoms with Gasteiger partial charge in [-0.15, -0.1) is 0 Å². The van der Waals surface area contributed by atoms with Crippen molar-refractivity contribution < 1.29 is 18.7 Å². The molecule has 0 aliphatic carbocycles. The number of esters is 1. The van der Waals surface area contributed by atoms with Gasteiger partial charge in [0, 0.05) is 18.2 Å². The van der Waals surface area contributed by atoms with Crippen molar-refractivity contribution in [2.45, 2.75) is 26.7 Å². The van der Waals surface area contributed by atoms with Crippen molar-refractivity contribution >= 4 is 29.6 Å². The summed E-state index contributed by atoms with van der Waals surface area (Å²) in [5.74, 6) is -1.37. The molecule has 144 valence electrons. The molecule has 2 aromatic rings. The fourth-order valence-electron chi connectivity index (χ4n) is 2.25. The van der Waals surface area contributed by atoms with Crippen LogP contribution in [0.15, 0.2) is 30.3 Å². The molecule has 1 N–H and O–H groups in total. The van der Waals surface area contributed by atoms with Gasteiger partial charge in [-0.25, -0.2) is 13.9 Å². The third kappa shape index (κ3) is 5.92. The molecule has 0 spiro atoms. The number of nitrogens with one attached hydrogen (secondary N) is 1. The summed E-state index contributed by atoms with van der Waals surface area (Å²) in [7, 11) is 0. The van der Waals surface area contributed by atoms with Crippen molar-refractivity contribution in [2.24, 2.45) is 0 Å². The van der Waals surface area contributed by atoms with E-state index < -0.39 is 5.97 Å². The molecule has 0 radical (unpaired) electrons. The average Bonchev–Trinajstić information content (AvgIpc) is 2.93. The highest BCUT2D eigenvalue weighted by molar-refractivity contribution is 6.31. The number of hydrogen-bond acceptors (Lipinski definition) is 4. The second-order valence-corrected chi connectivity index (χ2v) is 6.18. The van der Waals surface area contributed by atoms with Gasteiger partial charge in [0.05, 0.1) is 11.4 Å². The Labute approximate surface area is 162 Å². The third-order valence-corrected chi connectivity index (χ3v) is 4.07. The number of amides is 1. The van der Waals surface area contributed by atoms with Crippen LogP contribution < -0.4 is 5.32 Å². The van der Waals surface area contributed by atoms with Crippen LogP contribution in [0, 0.1) is 12.7 Å². The van der Waals surface area contributed by atoms with Crippen molar-refractivity contribution in [1.82, 2.24) is 15.1 Å².